The number of carbonyl (C=O) groups is 1. The van der Waals surface area contributed by atoms with E-state index in [1.807, 2.05) is 17.0 Å². The smallest absolute Gasteiger partial charge is 0.267 e. The fourth-order valence-corrected chi connectivity index (χ4v) is 3.88. The van der Waals surface area contributed by atoms with Crippen LogP contribution in [0, 0.1) is 0 Å². The Labute approximate surface area is 160 Å². The Bertz CT molecular complexity index is 864. The minimum Gasteiger partial charge on any atom is -0.487 e. The lowest BCUT2D eigenvalue weighted by molar-refractivity contribution is -0.132. The van der Waals surface area contributed by atoms with Gasteiger partial charge in [0.2, 0.25) is 5.91 Å². The molecule has 2 aliphatic heterocycles. The van der Waals surface area contributed by atoms with E-state index in [2.05, 4.69) is 4.98 Å². The number of alkyl halides is 2. The third-order valence-electron chi connectivity index (χ3n) is 5.08. The largest absolute Gasteiger partial charge is 0.487 e. The van der Waals surface area contributed by atoms with Crippen LogP contribution in [0.25, 0.3) is 10.9 Å². The molecule has 0 spiro atoms. The maximum absolute atomic E-state index is 13.3. The van der Waals surface area contributed by atoms with E-state index in [1.54, 1.807) is 18.3 Å². The number of fused-ring (bicyclic) bond motifs is 1. The van der Waals surface area contributed by atoms with Crippen molar-refractivity contribution < 1.29 is 18.3 Å². The molecule has 2 aliphatic rings. The summed E-state index contributed by atoms with van der Waals surface area (Å²) in [5.41, 5.74) is 0.707. The summed E-state index contributed by atoms with van der Waals surface area (Å²) in [6.07, 6.45) is 2.13. The van der Waals surface area contributed by atoms with Crippen molar-refractivity contribution in [2.45, 2.75) is 24.9 Å². The van der Waals surface area contributed by atoms with Crippen molar-refractivity contribution in [1.82, 2.24) is 14.8 Å². The number of ether oxygens (including phenoxy) is 1. The van der Waals surface area contributed by atoms with Gasteiger partial charge in [0, 0.05) is 37.6 Å². The summed E-state index contributed by atoms with van der Waals surface area (Å²) in [4.78, 5) is 19.8. The Kier molecular flexibility index (Phi) is 4.90. The van der Waals surface area contributed by atoms with Crippen molar-refractivity contribution >= 4 is 28.4 Å². The first-order valence-electron chi connectivity index (χ1n) is 8.99. The second-order valence-corrected chi connectivity index (χ2v) is 7.54. The van der Waals surface area contributed by atoms with E-state index in [9.17, 15) is 13.6 Å². The van der Waals surface area contributed by atoms with Crippen molar-refractivity contribution in [2.75, 3.05) is 32.7 Å². The minimum absolute atomic E-state index is 0.0794. The first kappa shape index (κ1) is 18.4. The van der Waals surface area contributed by atoms with Crippen LogP contribution in [0.1, 0.15) is 12.8 Å². The number of likely N-dealkylation sites (tertiary alicyclic amines) is 2. The van der Waals surface area contributed by atoms with Crippen LogP contribution in [0.2, 0.25) is 5.02 Å². The number of hydrogen-bond donors (Lipinski definition) is 0. The molecule has 0 unspecified atom stereocenters. The van der Waals surface area contributed by atoms with Crippen LogP contribution in [0.15, 0.2) is 30.5 Å². The van der Waals surface area contributed by atoms with Crippen LogP contribution in [0.3, 0.4) is 0 Å². The van der Waals surface area contributed by atoms with Crippen molar-refractivity contribution in [2.24, 2.45) is 0 Å². The van der Waals surface area contributed by atoms with Gasteiger partial charge in [-0.3, -0.25) is 14.7 Å². The molecule has 144 valence electrons. The lowest BCUT2D eigenvalue weighted by Gasteiger charge is -2.21. The van der Waals surface area contributed by atoms with Gasteiger partial charge in [-0.2, -0.15) is 0 Å². The molecule has 27 heavy (non-hydrogen) atoms. The highest BCUT2D eigenvalue weighted by Gasteiger charge is 2.40. The number of pyridine rings is 1. The number of benzene rings is 1. The van der Waals surface area contributed by atoms with Crippen molar-refractivity contribution in [3.8, 4) is 5.75 Å². The van der Waals surface area contributed by atoms with Gasteiger partial charge in [-0.1, -0.05) is 11.6 Å². The van der Waals surface area contributed by atoms with Gasteiger partial charge in [0.25, 0.3) is 5.92 Å². The lowest BCUT2D eigenvalue weighted by Crippen LogP contribution is -2.40. The topological polar surface area (TPSA) is 45.7 Å². The van der Waals surface area contributed by atoms with Crippen LogP contribution in [-0.2, 0) is 4.79 Å². The fraction of sp³-hybridized carbons (Fsp3) is 0.474. The Hall–Kier alpha value is -1.99. The molecule has 0 N–H and O–H groups in total. The van der Waals surface area contributed by atoms with E-state index in [0.717, 1.165) is 11.8 Å². The maximum Gasteiger partial charge on any atom is 0.267 e. The van der Waals surface area contributed by atoms with E-state index in [0.29, 0.717) is 29.4 Å². The highest BCUT2D eigenvalue weighted by Crippen LogP contribution is 2.31. The summed E-state index contributed by atoms with van der Waals surface area (Å²) in [6, 6.07) is 7.30. The van der Waals surface area contributed by atoms with Crippen LogP contribution in [0.5, 0.6) is 5.75 Å². The number of rotatable bonds is 4. The second-order valence-electron chi connectivity index (χ2n) is 7.13. The summed E-state index contributed by atoms with van der Waals surface area (Å²) in [7, 11) is 0. The Morgan fingerprint density at radius 1 is 1.33 bits per heavy atom. The highest BCUT2D eigenvalue weighted by atomic mass is 35.5. The summed E-state index contributed by atoms with van der Waals surface area (Å²) in [6.45, 7) is 1.08. The van der Waals surface area contributed by atoms with Crippen LogP contribution < -0.4 is 4.74 Å². The van der Waals surface area contributed by atoms with Gasteiger partial charge in [-0.25, -0.2) is 8.78 Å². The van der Waals surface area contributed by atoms with E-state index in [-0.39, 0.29) is 31.5 Å². The van der Waals surface area contributed by atoms with Gasteiger partial charge in [0.15, 0.2) is 0 Å². The standard InChI is InChI=1S/C19H20ClF2N3O2/c20-15-3-4-16(18-14(15)2-1-7-23-18)27-13-5-8-24(10-13)11-17(26)25-9-6-19(21,22)12-25/h1-4,7,13H,5-6,8-12H2/t13-/m0/s1. The predicted molar refractivity (Wildman–Crippen MR) is 98.4 cm³/mol. The third kappa shape index (κ3) is 3.99. The number of carbonyl (C=O) groups excluding carboxylic acids is 1. The van der Waals surface area contributed by atoms with E-state index < -0.39 is 12.5 Å². The zero-order valence-corrected chi connectivity index (χ0v) is 15.5. The zero-order valence-electron chi connectivity index (χ0n) is 14.7. The summed E-state index contributed by atoms with van der Waals surface area (Å²) >= 11 is 6.21. The molecule has 2 aromatic rings. The Morgan fingerprint density at radius 2 is 2.19 bits per heavy atom. The first-order valence-corrected chi connectivity index (χ1v) is 9.37. The molecule has 0 bridgehead atoms. The first-order chi connectivity index (χ1) is 12.9. The third-order valence-corrected chi connectivity index (χ3v) is 5.41. The second kappa shape index (κ2) is 7.20. The normalized spacial score (nSPS) is 22.5. The summed E-state index contributed by atoms with van der Waals surface area (Å²) < 4.78 is 32.7. The van der Waals surface area contributed by atoms with Gasteiger partial charge in [-0.05, 0) is 30.7 Å². The monoisotopic (exact) mass is 395 g/mol. The van der Waals surface area contributed by atoms with E-state index >= 15 is 0 Å². The lowest BCUT2D eigenvalue weighted by atomic mass is 10.2. The maximum atomic E-state index is 13.3. The molecule has 1 amide bonds. The average Bonchev–Trinajstić information content (AvgIpc) is 3.23. The van der Waals surface area contributed by atoms with Gasteiger partial charge < -0.3 is 9.64 Å². The zero-order chi connectivity index (χ0) is 19.0. The Morgan fingerprint density at radius 3 is 2.96 bits per heavy atom. The van der Waals surface area contributed by atoms with Gasteiger partial charge in [-0.15, -0.1) is 0 Å². The fourth-order valence-electron chi connectivity index (χ4n) is 3.66. The molecule has 0 saturated carbocycles. The van der Waals surface area contributed by atoms with Crippen LogP contribution in [0.4, 0.5) is 8.78 Å². The van der Waals surface area contributed by atoms with Crippen LogP contribution in [-0.4, -0.2) is 65.4 Å². The van der Waals surface area contributed by atoms with Crippen molar-refractivity contribution in [3.05, 3.63) is 35.5 Å². The molecule has 0 aliphatic carbocycles. The quantitative estimate of drug-likeness (QED) is 0.797. The number of halogens is 3. The molecule has 1 aromatic carbocycles. The molecule has 1 aromatic heterocycles. The van der Waals surface area contributed by atoms with E-state index in [4.69, 9.17) is 16.3 Å². The molecule has 8 heteroatoms. The van der Waals surface area contributed by atoms with E-state index in [1.165, 1.54) is 4.90 Å². The number of nitrogens with zero attached hydrogens (tertiary/aromatic N) is 3. The number of hydrogen-bond acceptors (Lipinski definition) is 4. The SMILES string of the molecule is O=C(CN1CC[C@H](Oc2ccc(Cl)c3cccnc23)C1)N1CCC(F)(F)C1. The number of amides is 1. The minimum atomic E-state index is -2.76. The van der Waals surface area contributed by atoms with Gasteiger partial charge in [0.05, 0.1) is 18.1 Å². The molecule has 4 rings (SSSR count). The number of aromatic nitrogens is 1. The van der Waals surface area contributed by atoms with Gasteiger partial charge in [0.1, 0.15) is 17.4 Å². The van der Waals surface area contributed by atoms with Crippen molar-refractivity contribution in [3.63, 3.8) is 0 Å². The summed E-state index contributed by atoms with van der Waals surface area (Å²) in [5, 5.41) is 1.45. The molecule has 1 atom stereocenters. The summed E-state index contributed by atoms with van der Waals surface area (Å²) in [5.74, 6) is -2.34. The molecule has 2 saturated heterocycles. The predicted octanol–water partition coefficient (Wildman–Crippen LogP) is 3.21. The highest BCUT2D eigenvalue weighted by molar-refractivity contribution is 6.35. The molecule has 5 nitrogen and oxygen atoms in total. The van der Waals surface area contributed by atoms with Crippen LogP contribution >= 0.6 is 11.6 Å². The molecule has 3 heterocycles. The molecular weight excluding hydrogens is 376 g/mol. The van der Waals surface area contributed by atoms with Crippen molar-refractivity contribution in [1.29, 1.82) is 0 Å². The Balaban J connectivity index is 1.37. The van der Waals surface area contributed by atoms with Gasteiger partial charge >= 0.3 is 0 Å². The molecular formula is C19H20ClF2N3O2. The molecule has 0 radical (unpaired) electrons. The molecule has 2 fully saturated rings. The average molecular weight is 396 g/mol.